The van der Waals surface area contributed by atoms with Crippen molar-refractivity contribution in [3.8, 4) is 0 Å². The summed E-state index contributed by atoms with van der Waals surface area (Å²) in [6, 6.07) is 18.9. The number of amides is 2. The van der Waals surface area contributed by atoms with Crippen LogP contribution in [0.2, 0.25) is 0 Å². The Labute approximate surface area is 186 Å². The first kappa shape index (κ1) is 21.4. The van der Waals surface area contributed by atoms with Gasteiger partial charge in [0.05, 0.1) is 18.0 Å². The zero-order valence-electron chi connectivity index (χ0n) is 17.2. The third-order valence-corrected chi connectivity index (χ3v) is 7.45. The molecule has 7 heteroatoms. The fourth-order valence-electron chi connectivity index (χ4n) is 4.69. The van der Waals surface area contributed by atoms with Crippen molar-refractivity contribution in [2.75, 3.05) is 5.75 Å². The van der Waals surface area contributed by atoms with Crippen LogP contribution in [0.4, 0.5) is 4.79 Å². The SMILES string of the molecule is O=CCCCC(C(=O)O)C1C2CSC(c3ccccc3)N2C(=O)N1Cc1ccccc1. The van der Waals surface area contributed by atoms with Crippen molar-refractivity contribution in [3.05, 3.63) is 71.8 Å². The summed E-state index contributed by atoms with van der Waals surface area (Å²) in [7, 11) is 0. The van der Waals surface area contributed by atoms with Crippen molar-refractivity contribution < 1.29 is 19.5 Å². The smallest absolute Gasteiger partial charge is 0.322 e. The van der Waals surface area contributed by atoms with Crippen LogP contribution in [0, 0.1) is 5.92 Å². The number of hydrogen-bond acceptors (Lipinski definition) is 4. The van der Waals surface area contributed by atoms with Gasteiger partial charge in [-0.05, 0) is 24.0 Å². The molecule has 2 heterocycles. The van der Waals surface area contributed by atoms with E-state index in [0.29, 0.717) is 31.6 Å². The first-order valence-corrected chi connectivity index (χ1v) is 11.6. The van der Waals surface area contributed by atoms with Crippen LogP contribution in [0.3, 0.4) is 0 Å². The molecule has 2 aromatic carbocycles. The number of urea groups is 1. The fourth-order valence-corrected chi connectivity index (χ4v) is 6.18. The van der Waals surface area contributed by atoms with E-state index in [1.165, 1.54) is 0 Å². The molecule has 31 heavy (non-hydrogen) atoms. The van der Waals surface area contributed by atoms with Crippen molar-refractivity contribution in [2.24, 2.45) is 5.92 Å². The number of fused-ring (bicyclic) bond motifs is 1. The molecular weight excluding hydrogens is 412 g/mol. The molecule has 0 bridgehead atoms. The van der Waals surface area contributed by atoms with E-state index in [1.54, 1.807) is 16.7 Å². The van der Waals surface area contributed by atoms with Crippen LogP contribution >= 0.6 is 11.8 Å². The molecular formula is C24H26N2O4S. The van der Waals surface area contributed by atoms with Gasteiger partial charge in [-0.2, -0.15) is 0 Å². The van der Waals surface area contributed by atoms with Crippen molar-refractivity contribution in [1.82, 2.24) is 9.80 Å². The monoisotopic (exact) mass is 438 g/mol. The summed E-state index contributed by atoms with van der Waals surface area (Å²) >= 11 is 1.69. The van der Waals surface area contributed by atoms with Crippen molar-refractivity contribution in [1.29, 1.82) is 0 Å². The number of benzene rings is 2. The largest absolute Gasteiger partial charge is 0.481 e. The van der Waals surface area contributed by atoms with Crippen molar-refractivity contribution >= 4 is 30.0 Å². The molecule has 4 rings (SSSR count). The van der Waals surface area contributed by atoms with Crippen LogP contribution in [-0.4, -0.2) is 51.0 Å². The molecule has 1 N–H and O–H groups in total. The van der Waals surface area contributed by atoms with Gasteiger partial charge in [-0.1, -0.05) is 60.7 Å². The minimum atomic E-state index is -0.906. The highest BCUT2D eigenvalue weighted by Gasteiger charge is 2.56. The quantitative estimate of drug-likeness (QED) is 0.469. The van der Waals surface area contributed by atoms with E-state index < -0.39 is 17.9 Å². The molecule has 2 fully saturated rings. The summed E-state index contributed by atoms with van der Waals surface area (Å²) in [6.07, 6.45) is 2.04. The minimum absolute atomic E-state index is 0.112. The number of carboxylic acids is 1. The molecule has 2 aliphatic rings. The average Bonchev–Trinajstić information content (AvgIpc) is 3.33. The van der Waals surface area contributed by atoms with Gasteiger partial charge in [-0.25, -0.2) is 4.79 Å². The van der Waals surface area contributed by atoms with Gasteiger partial charge in [0.25, 0.3) is 0 Å². The summed E-state index contributed by atoms with van der Waals surface area (Å²) in [5, 5.41) is 9.94. The molecule has 0 spiro atoms. The van der Waals surface area contributed by atoms with Gasteiger partial charge in [0.2, 0.25) is 0 Å². The molecule has 4 unspecified atom stereocenters. The summed E-state index contributed by atoms with van der Waals surface area (Å²) < 4.78 is 0. The molecule has 2 amide bonds. The third-order valence-electron chi connectivity index (χ3n) is 6.10. The van der Waals surface area contributed by atoms with Gasteiger partial charge < -0.3 is 19.7 Å². The van der Waals surface area contributed by atoms with E-state index in [0.717, 1.165) is 17.4 Å². The van der Waals surface area contributed by atoms with Crippen molar-refractivity contribution in [3.63, 3.8) is 0 Å². The maximum absolute atomic E-state index is 13.6. The Morgan fingerprint density at radius 2 is 1.81 bits per heavy atom. The third kappa shape index (κ3) is 4.32. The molecule has 0 saturated carbocycles. The number of unbranched alkanes of at least 4 members (excludes halogenated alkanes) is 1. The van der Waals surface area contributed by atoms with Gasteiger partial charge in [-0.3, -0.25) is 4.79 Å². The van der Waals surface area contributed by atoms with Gasteiger partial charge in [0.15, 0.2) is 0 Å². The molecule has 2 aliphatic heterocycles. The normalized spacial score (nSPS) is 23.6. The van der Waals surface area contributed by atoms with E-state index in [4.69, 9.17) is 0 Å². The average molecular weight is 439 g/mol. The van der Waals surface area contributed by atoms with Crippen LogP contribution in [0.5, 0.6) is 0 Å². The number of nitrogens with zero attached hydrogens (tertiary/aromatic N) is 2. The summed E-state index contributed by atoms with van der Waals surface area (Å²) in [4.78, 5) is 40.3. The Kier molecular flexibility index (Phi) is 6.61. The Hall–Kier alpha value is -2.80. The second-order valence-corrected chi connectivity index (χ2v) is 9.11. The molecule has 2 aromatic rings. The molecule has 4 atom stereocenters. The van der Waals surface area contributed by atoms with E-state index in [-0.39, 0.29) is 17.4 Å². The Morgan fingerprint density at radius 3 is 2.45 bits per heavy atom. The van der Waals surface area contributed by atoms with Crippen molar-refractivity contribution in [2.45, 2.75) is 43.3 Å². The van der Waals surface area contributed by atoms with E-state index in [1.807, 2.05) is 65.6 Å². The fraction of sp³-hybridized carbons (Fsp3) is 0.375. The molecule has 0 aromatic heterocycles. The summed E-state index contributed by atoms with van der Waals surface area (Å²) in [5.74, 6) is -0.923. The van der Waals surface area contributed by atoms with Crippen LogP contribution in [0.15, 0.2) is 60.7 Å². The lowest BCUT2D eigenvalue weighted by molar-refractivity contribution is -0.144. The van der Waals surface area contributed by atoms with Crippen LogP contribution in [-0.2, 0) is 16.1 Å². The standard InChI is InChI=1S/C24H26N2O4S/c27-14-8-7-13-19(23(28)29)21-20-16-31-22(18-11-5-2-6-12-18)26(20)24(30)25(21)15-17-9-3-1-4-10-17/h1-6,9-12,14,19-22H,7-8,13,15-16H2,(H,28,29). The highest BCUT2D eigenvalue weighted by Crippen LogP contribution is 2.49. The Morgan fingerprint density at radius 1 is 1.13 bits per heavy atom. The molecule has 162 valence electrons. The number of hydrogen-bond donors (Lipinski definition) is 1. The molecule has 0 radical (unpaired) electrons. The minimum Gasteiger partial charge on any atom is -0.481 e. The number of aldehydes is 1. The lowest BCUT2D eigenvalue weighted by Gasteiger charge is -2.31. The van der Waals surface area contributed by atoms with Gasteiger partial charge in [0, 0.05) is 18.7 Å². The number of thioether (sulfide) groups is 1. The van der Waals surface area contributed by atoms with Crippen LogP contribution in [0.1, 0.15) is 35.8 Å². The van der Waals surface area contributed by atoms with Gasteiger partial charge in [0.1, 0.15) is 11.7 Å². The summed E-state index contributed by atoms with van der Waals surface area (Å²) in [6.45, 7) is 0.376. The van der Waals surface area contributed by atoms with E-state index in [2.05, 4.69) is 0 Å². The van der Waals surface area contributed by atoms with Gasteiger partial charge >= 0.3 is 12.0 Å². The Balaban J connectivity index is 1.67. The van der Waals surface area contributed by atoms with E-state index in [9.17, 15) is 19.5 Å². The van der Waals surface area contributed by atoms with Crippen LogP contribution < -0.4 is 0 Å². The zero-order chi connectivity index (χ0) is 21.8. The highest BCUT2D eigenvalue weighted by atomic mass is 32.2. The topological polar surface area (TPSA) is 77.9 Å². The first-order valence-electron chi connectivity index (χ1n) is 10.6. The van der Waals surface area contributed by atoms with Gasteiger partial charge in [-0.15, -0.1) is 11.8 Å². The maximum atomic E-state index is 13.6. The molecule has 0 aliphatic carbocycles. The lowest BCUT2D eigenvalue weighted by Crippen LogP contribution is -2.46. The second kappa shape index (κ2) is 9.56. The van der Waals surface area contributed by atoms with Crippen LogP contribution in [0.25, 0.3) is 0 Å². The first-order chi connectivity index (χ1) is 15.1. The molecule has 2 saturated heterocycles. The second-order valence-electron chi connectivity index (χ2n) is 8.00. The molecule has 6 nitrogen and oxygen atoms in total. The number of carbonyl (C=O) groups excluding carboxylic acids is 2. The lowest BCUT2D eigenvalue weighted by atomic mass is 9.88. The summed E-state index contributed by atoms with van der Waals surface area (Å²) in [5.41, 5.74) is 2.03. The predicted molar refractivity (Wildman–Crippen MR) is 119 cm³/mol. The number of carbonyl (C=O) groups is 3. The number of rotatable bonds is 9. The maximum Gasteiger partial charge on any atom is 0.322 e. The predicted octanol–water partition coefficient (Wildman–Crippen LogP) is 4.18. The van der Waals surface area contributed by atoms with E-state index >= 15 is 0 Å². The number of aliphatic carboxylic acids is 1. The highest BCUT2D eigenvalue weighted by molar-refractivity contribution is 7.99. The number of carboxylic acid groups (broad SMARTS) is 1. The zero-order valence-corrected chi connectivity index (χ0v) is 18.0. The Bertz CT molecular complexity index is 924.